The van der Waals surface area contributed by atoms with Gasteiger partial charge in [0.05, 0.1) is 11.9 Å². The van der Waals surface area contributed by atoms with E-state index in [0.717, 1.165) is 35.7 Å². The second-order valence-corrected chi connectivity index (χ2v) is 7.80. The van der Waals surface area contributed by atoms with Crippen molar-refractivity contribution in [1.29, 1.82) is 0 Å². The van der Waals surface area contributed by atoms with Gasteiger partial charge in [-0.15, -0.1) is 0 Å². The second-order valence-electron chi connectivity index (χ2n) is 5.43. The molecule has 7 nitrogen and oxygen atoms in total. The Hall–Kier alpha value is -1.64. The highest BCUT2D eigenvalue weighted by molar-refractivity contribution is 7.89. The predicted molar refractivity (Wildman–Crippen MR) is 89.4 cm³/mol. The highest BCUT2D eigenvalue weighted by Crippen LogP contribution is 2.23. The van der Waals surface area contributed by atoms with Crippen molar-refractivity contribution in [3.63, 3.8) is 0 Å². The zero-order chi connectivity index (χ0) is 16.9. The Labute approximate surface area is 137 Å². The number of hydrogen-bond donors (Lipinski definition) is 2. The molecule has 0 spiro atoms. The molecule has 0 aliphatic heterocycles. The van der Waals surface area contributed by atoms with E-state index in [-0.39, 0.29) is 5.75 Å². The first-order valence-electron chi connectivity index (χ1n) is 7.68. The number of nitrogens with zero attached hydrogens (tertiary/aromatic N) is 2. The molecule has 8 heteroatoms. The van der Waals surface area contributed by atoms with Crippen molar-refractivity contribution in [3.05, 3.63) is 29.7 Å². The molecule has 0 aliphatic carbocycles. The van der Waals surface area contributed by atoms with Crippen molar-refractivity contribution in [2.24, 2.45) is 0 Å². The van der Waals surface area contributed by atoms with Gasteiger partial charge in [-0.2, -0.15) is 5.10 Å². The lowest BCUT2D eigenvalue weighted by atomic mass is 10.2. The number of sulfonamides is 1. The Balaban J connectivity index is 1.79. The van der Waals surface area contributed by atoms with Crippen LogP contribution in [0.15, 0.2) is 22.7 Å². The van der Waals surface area contributed by atoms with Crippen LogP contribution < -0.4 is 5.32 Å². The SMILES string of the molecule is CCS(=O)(=O)N(C)CCCNCc1cn[nH]c1-c1ccc(C)o1. The van der Waals surface area contributed by atoms with E-state index in [1.807, 2.05) is 19.1 Å². The van der Waals surface area contributed by atoms with Crippen molar-refractivity contribution < 1.29 is 12.8 Å². The number of aromatic nitrogens is 2. The summed E-state index contributed by atoms with van der Waals surface area (Å²) in [6.45, 7) is 5.44. The molecule has 2 aromatic rings. The summed E-state index contributed by atoms with van der Waals surface area (Å²) >= 11 is 0. The summed E-state index contributed by atoms with van der Waals surface area (Å²) in [5, 5.41) is 10.3. The first-order chi connectivity index (χ1) is 10.9. The third-order valence-electron chi connectivity index (χ3n) is 3.69. The summed E-state index contributed by atoms with van der Waals surface area (Å²) in [6, 6.07) is 3.83. The zero-order valence-electron chi connectivity index (χ0n) is 13.8. The lowest BCUT2D eigenvalue weighted by molar-refractivity contribution is 0.455. The van der Waals surface area contributed by atoms with Gasteiger partial charge >= 0.3 is 0 Å². The molecule has 128 valence electrons. The number of furan rings is 1. The van der Waals surface area contributed by atoms with Crippen molar-refractivity contribution in [1.82, 2.24) is 19.8 Å². The van der Waals surface area contributed by atoms with Crippen LogP contribution in [0, 0.1) is 6.92 Å². The average molecular weight is 340 g/mol. The number of H-pyrrole nitrogens is 1. The zero-order valence-corrected chi connectivity index (χ0v) is 14.6. The topological polar surface area (TPSA) is 91.2 Å². The van der Waals surface area contributed by atoms with E-state index in [4.69, 9.17) is 4.42 Å². The van der Waals surface area contributed by atoms with Gasteiger partial charge in [0.15, 0.2) is 5.76 Å². The van der Waals surface area contributed by atoms with E-state index in [9.17, 15) is 8.42 Å². The fraction of sp³-hybridized carbons (Fsp3) is 0.533. The minimum Gasteiger partial charge on any atom is -0.460 e. The maximum Gasteiger partial charge on any atom is 0.213 e. The summed E-state index contributed by atoms with van der Waals surface area (Å²) in [6.07, 6.45) is 2.52. The maximum absolute atomic E-state index is 11.6. The first kappa shape index (κ1) is 17.7. The number of aromatic amines is 1. The van der Waals surface area contributed by atoms with Crippen LogP contribution in [-0.2, 0) is 16.6 Å². The molecule has 23 heavy (non-hydrogen) atoms. The average Bonchev–Trinajstić information content (AvgIpc) is 3.15. The van der Waals surface area contributed by atoms with E-state index in [2.05, 4.69) is 15.5 Å². The summed E-state index contributed by atoms with van der Waals surface area (Å²) in [5.74, 6) is 1.76. The van der Waals surface area contributed by atoms with E-state index >= 15 is 0 Å². The first-order valence-corrected chi connectivity index (χ1v) is 9.28. The molecule has 0 bridgehead atoms. The van der Waals surface area contributed by atoms with E-state index in [0.29, 0.717) is 13.1 Å². The molecule has 0 aromatic carbocycles. The molecule has 2 aromatic heterocycles. The summed E-state index contributed by atoms with van der Waals surface area (Å²) in [7, 11) is -1.47. The van der Waals surface area contributed by atoms with Gasteiger partial charge in [-0.3, -0.25) is 5.10 Å². The molecule has 0 radical (unpaired) electrons. The molecule has 0 unspecified atom stereocenters. The lowest BCUT2D eigenvalue weighted by Gasteiger charge is -2.15. The molecule has 0 fully saturated rings. The largest absolute Gasteiger partial charge is 0.460 e. The van der Waals surface area contributed by atoms with Crippen LogP contribution in [-0.4, -0.2) is 48.8 Å². The summed E-state index contributed by atoms with van der Waals surface area (Å²) in [4.78, 5) is 0. The number of rotatable bonds is 9. The Morgan fingerprint density at radius 2 is 2.17 bits per heavy atom. The van der Waals surface area contributed by atoms with Gasteiger partial charge in [-0.1, -0.05) is 0 Å². The Morgan fingerprint density at radius 3 is 2.83 bits per heavy atom. The Kier molecular flexibility index (Phi) is 5.97. The fourth-order valence-electron chi connectivity index (χ4n) is 2.24. The van der Waals surface area contributed by atoms with Crippen LogP contribution >= 0.6 is 0 Å². The molecule has 0 amide bonds. The van der Waals surface area contributed by atoms with Gasteiger partial charge in [0.2, 0.25) is 10.0 Å². The lowest BCUT2D eigenvalue weighted by Crippen LogP contribution is -2.31. The van der Waals surface area contributed by atoms with Crippen LogP contribution in [0.5, 0.6) is 0 Å². The summed E-state index contributed by atoms with van der Waals surface area (Å²) < 4.78 is 30.3. The van der Waals surface area contributed by atoms with Crippen LogP contribution in [0.1, 0.15) is 24.7 Å². The minimum absolute atomic E-state index is 0.137. The smallest absolute Gasteiger partial charge is 0.213 e. The predicted octanol–water partition coefficient (Wildman–Crippen LogP) is 1.74. The van der Waals surface area contributed by atoms with Gasteiger partial charge in [0.25, 0.3) is 0 Å². The van der Waals surface area contributed by atoms with Crippen molar-refractivity contribution in [2.75, 3.05) is 25.9 Å². The molecule has 2 N–H and O–H groups in total. The van der Waals surface area contributed by atoms with Crippen molar-refractivity contribution >= 4 is 10.0 Å². The molecular formula is C15H24N4O3S. The highest BCUT2D eigenvalue weighted by atomic mass is 32.2. The van der Waals surface area contributed by atoms with Gasteiger partial charge in [0, 0.05) is 25.7 Å². The van der Waals surface area contributed by atoms with Crippen LogP contribution in [0.3, 0.4) is 0 Å². The molecule has 2 rings (SSSR count). The molecule has 0 saturated carbocycles. The quantitative estimate of drug-likeness (QED) is 0.679. The summed E-state index contributed by atoms with van der Waals surface area (Å²) in [5.41, 5.74) is 1.89. The third kappa shape index (κ3) is 4.66. The van der Waals surface area contributed by atoms with Gasteiger partial charge in [-0.05, 0) is 38.9 Å². The number of aryl methyl sites for hydroxylation is 1. The molecular weight excluding hydrogens is 316 g/mol. The third-order valence-corrected chi connectivity index (χ3v) is 5.55. The second kappa shape index (κ2) is 7.76. The molecule has 0 atom stereocenters. The monoisotopic (exact) mass is 340 g/mol. The van der Waals surface area contributed by atoms with Gasteiger partial charge in [0.1, 0.15) is 11.5 Å². The van der Waals surface area contributed by atoms with E-state index in [1.165, 1.54) is 4.31 Å². The number of nitrogens with one attached hydrogen (secondary N) is 2. The standard InChI is InChI=1S/C15H24N4O3S/c1-4-23(20,21)19(3)9-5-8-16-10-13-11-17-18-15(13)14-7-6-12(2)22-14/h6-7,11,16H,4-5,8-10H2,1-3H3,(H,17,18). The van der Waals surface area contributed by atoms with Crippen molar-refractivity contribution in [3.8, 4) is 11.5 Å². The molecule has 0 aliphatic rings. The number of hydrogen-bond acceptors (Lipinski definition) is 5. The normalized spacial score (nSPS) is 12.2. The van der Waals surface area contributed by atoms with E-state index in [1.54, 1.807) is 20.2 Å². The molecule has 2 heterocycles. The van der Waals surface area contributed by atoms with Gasteiger partial charge in [-0.25, -0.2) is 12.7 Å². The van der Waals surface area contributed by atoms with Gasteiger partial charge < -0.3 is 9.73 Å². The van der Waals surface area contributed by atoms with Crippen LogP contribution in [0.25, 0.3) is 11.5 Å². The maximum atomic E-state index is 11.6. The fourth-order valence-corrected chi connectivity index (χ4v) is 3.08. The Bertz CT molecular complexity index is 721. The minimum atomic E-state index is -3.09. The Morgan fingerprint density at radius 1 is 1.39 bits per heavy atom. The van der Waals surface area contributed by atoms with Crippen LogP contribution in [0.2, 0.25) is 0 Å². The van der Waals surface area contributed by atoms with Crippen molar-refractivity contribution in [2.45, 2.75) is 26.8 Å². The van der Waals surface area contributed by atoms with E-state index < -0.39 is 10.0 Å². The highest BCUT2D eigenvalue weighted by Gasteiger charge is 2.14. The molecule has 0 saturated heterocycles. The van der Waals surface area contributed by atoms with Crippen LogP contribution in [0.4, 0.5) is 0 Å².